The average Bonchev–Trinajstić information content (AvgIpc) is 2.16. The van der Waals surface area contributed by atoms with Crippen LogP contribution in [0.4, 0.5) is 0 Å². The third-order valence-electron chi connectivity index (χ3n) is 2.32. The molecule has 0 spiro atoms. The van der Waals surface area contributed by atoms with Crippen molar-refractivity contribution in [2.75, 3.05) is 0 Å². The summed E-state index contributed by atoms with van der Waals surface area (Å²) in [5.74, 6) is 0.0840. The van der Waals surface area contributed by atoms with E-state index in [1.54, 1.807) is 12.1 Å². The second-order valence-electron chi connectivity index (χ2n) is 3.15. The molecule has 0 saturated heterocycles. The highest BCUT2D eigenvalue weighted by molar-refractivity contribution is 5.86. The summed E-state index contributed by atoms with van der Waals surface area (Å²) in [5.41, 5.74) is 1.30. The van der Waals surface area contributed by atoms with E-state index < -0.39 is 0 Å². The Kier molecular flexibility index (Phi) is 1.93. The smallest absolute Gasteiger partial charge is 0.179 e. The van der Waals surface area contributed by atoms with E-state index in [1.807, 2.05) is 18.2 Å². The van der Waals surface area contributed by atoms with Gasteiger partial charge in [-0.25, -0.2) is 0 Å². The molecule has 2 aromatic carbocycles. The van der Waals surface area contributed by atoms with Gasteiger partial charge >= 0.3 is 0 Å². The van der Waals surface area contributed by atoms with E-state index in [9.17, 15) is 5.11 Å². The maximum absolute atomic E-state index is 11.1. The Morgan fingerprint density at radius 2 is 2.00 bits per heavy atom. The number of benzene rings is 2. The van der Waals surface area contributed by atoms with Gasteiger partial charge in [0, 0.05) is 0 Å². The molecule has 0 N–H and O–H groups in total. The highest BCUT2D eigenvalue weighted by atomic mass is 16.3. The summed E-state index contributed by atoms with van der Waals surface area (Å²) in [5, 5.41) is 13.3. The SMILES string of the molecule is CCc1cccc2cc([O])ccc12. The molecule has 0 atom stereocenters. The Morgan fingerprint density at radius 3 is 2.77 bits per heavy atom. The minimum atomic E-state index is 0.0840. The summed E-state index contributed by atoms with van der Waals surface area (Å²) in [7, 11) is 0. The average molecular weight is 171 g/mol. The lowest BCUT2D eigenvalue weighted by molar-refractivity contribution is 0.355. The molecule has 65 valence electrons. The Bertz CT molecular complexity index is 432. The summed E-state index contributed by atoms with van der Waals surface area (Å²) in [6, 6.07) is 11.3. The van der Waals surface area contributed by atoms with Crippen LogP contribution < -0.4 is 0 Å². The Balaban J connectivity index is 2.77. The molecule has 0 aliphatic rings. The minimum absolute atomic E-state index is 0.0840. The maximum Gasteiger partial charge on any atom is 0.179 e. The van der Waals surface area contributed by atoms with Crippen molar-refractivity contribution in [2.24, 2.45) is 0 Å². The lowest BCUT2D eigenvalue weighted by atomic mass is 10.0. The van der Waals surface area contributed by atoms with Gasteiger partial charge in [0.25, 0.3) is 0 Å². The van der Waals surface area contributed by atoms with Gasteiger partial charge < -0.3 is 0 Å². The van der Waals surface area contributed by atoms with Gasteiger partial charge in [0.05, 0.1) is 0 Å². The zero-order chi connectivity index (χ0) is 9.26. The van der Waals surface area contributed by atoms with Crippen LogP contribution in [-0.2, 0) is 11.5 Å². The lowest BCUT2D eigenvalue weighted by Crippen LogP contribution is -1.82. The molecule has 0 amide bonds. The zero-order valence-electron chi connectivity index (χ0n) is 7.58. The van der Waals surface area contributed by atoms with Crippen molar-refractivity contribution >= 4 is 10.8 Å². The minimum Gasteiger partial charge on any atom is -0.290 e. The predicted molar refractivity (Wildman–Crippen MR) is 53.5 cm³/mol. The molecular weight excluding hydrogens is 160 g/mol. The number of fused-ring (bicyclic) bond motifs is 1. The van der Waals surface area contributed by atoms with E-state index in [0.717, 1.165) is 11.8 Å². The van der Waals surface area contributed by atoms with Gasteiger partial charge in [-0.3, -0.25) is 5.11 Å². The summed E-state index contributed by atoms with van der Waals surface area (Å²) in [6.45, 7) is 2.12. The summed E-state index contributed by atoms with van der Waals surface area (Å²) in [6.07, 6.45) is 1.01. The zero-order valence-corrected chi connectivity index (χ0v) is 7.58. The third kappa shape index (κ3) is 1.37. The van der Waals surface area contributed by atoms with Crippen LogP contribution in [0, 0.1) is 0 Å². The van der Waals surface area contributed by atoms with Gasteiger partial charge in [-0.2, -0.15) is 0 Å². The van der Waals surface area contributed by atoms with Crippen LogP contribution in [0.5, 0.6) is 5.75 Å². The van der Waals surface area contributed by atoms with Crippen LogP contribution in [0.3, 0.4) is 0 Å². The Labute approximate surface area is 77.6 Å². The fraction of sp³-hybridized carbons (Fsp3) is 0.167. The van der Waals surface area contributed by atoms with Crippen LogP contribution in [0.2, 0.25) is 0 Å². The van der Waals surface area contributed by atoms with E-state index >= 15 is 0 Å². The Morgan fingerprint density at radius 1 is 1.15 bits per heavy atom. The topological polar surface area (TPSA) is 19.9 Å². The van der Waals surface area contributed by atoms with Gasteiger partial charge in [0.15, 0.2) is 5.75 Å². The van der Waals surface area contributed by atoms with Gasteiger partial charge in [0.1, 0.15) is 0 Å². The number of hydrogen-bond donors (Lipinski definition) is 0. The van der Waals surface area contributed by atoms with Crippen molar-refractivity contribution in [3.63, 3.8) is 0 Å². The summed E-state index contributed by atoms with van der Waals surface area (Å²) < 4.78 is 0. The highest BCUT2D eigenvalue weighted by Crippen LogP contribution is 2.23. The molecule has 0 aliphatic carbocycles. The van der Waals surface area contributed by atoms with E-state index in [0.29, 0.717) is 0 Å². The fourth-order valence-corrected chi connectivity index (χ4v) is 1.64. The van der Waals surface area contributed by atoms with Crippen molar-refractivity contribution < 1.29 is 5.11 Å². The molecule has 0 bridgehead atoms. The molecule has 2 aromatic rings. The van der Waals surface area contributed by atoms with Crippen LogP contribution in [0.25, 0.3) is 10.8 Å². The van der Waals surface area contributed by atoms with Crippen LogP contribution in [-0.4, -0.2) is 0 Å². The quantitative estimate of drug-likeness (QED) is 0.625. The van der Waals surface area contributed by atoms with E-state index in [4.69, 9.17) is 0 Å². The second-order valence-corrected chi connectivity index (χ2v) is 3.15. The normalized spacial score (nSPS) is 10.5. The van der Waals surface area contributed by atoms with E-state index in [-0.39, 0.29) is 5.75 Å². The molecule has 1 radical (unpaired) electrons. The summed E-state index contributed by atoms with van der Waals surface area (Å²) in [4.78, 5) is 0. The molecule has 0 aliphatic heterocycles. The molecule has 0 unspecified atom stereocenters. The lowest BCUT2D eigenvalue weighted by Gasteiger charge is -2.02. The molecular formula is C12H11O. The first-order valence-electron chi connectivity index (χ1n) is 4.50. The molecule has 0 fully saturated rings. The van der Waals surface area contributed by atoms with Gasteiger partial charge in [-0.15, -0.1) is 0 Å². The molecule has 2 rings (SSSR count). The number of hydrogen-bond acceptors (Lipinski definition) is 0. The van der Waals surface area contributed by atoms with Gasteiger partial charge in [-0.1, -0.05) is 31.2 Å². The number of rotatable bonds is 1. The van der Waals surface area contributed by atoms with Crippen molar-refractivity contribution in [3.05, 3.63) is 42.0 Å². The molecule has 0 aromatic heterocycles. The molecule has 0 heterocycles. The van der Waals surface area contributed by atoms with Crippen LogP contribution >= 0.6 is 0 Å². The monoisotopic (exact) mass is 171 g/mol. The second kappa shape index (κ2) is 3.09. The standard InChI is InChI=1S/C12H11O/c1-2-9-4-3-5-10-8-11(13)6-7-12(9)10/h3-8H,2H2,1H3. The van der Waals surface area contributed by atoms with Gasteiger partial charge in [0.2, 0.25) is 0 Å². The largest absolute Gasteiger partial charge is 0.290 e. The Hall–Kier alpha value is -1.50. The predicted octanol–water partition coefficient (Wildman–Crippen LogP) is 3.55. The maximum atomic E-state index is 11.1. The molecule has 1 heteroatoms. The first kappa shape index (κ1) is 8.11. The van der Waals surface area contributed by atoms with E-state index in [2.05, 4.69) is 13.0 Å². The first-order chi connectivity index (χ1) is 6.31. The first-order valence-corrected chi connectivity index (χ1v) is 4.50. The van der Waals surface area contributed by atoms with Gasteiger partial charge in [-0.05, 0) is 34.9 Å². The van der Waals surface area contributed by atoms with Crippen molar-refractivity contribution in [1.82, 2.24) is 0 Å². The molecule has 1 nitrogen and oxygen atoms in total. The number of aryl methyl sites for hydroxylation is 1. The highest BCUT2D eigenvalue weighted by Gasteiger charge is 1.99. The summed E-state index contributed by atoms with van der Waals surface area (Å²) >= 11 is 0. The van der Waals surface area contributed by atoms with Crippen molar-refractivity contribution in [3.8, 4) is 5.75 Å². The molecule has 13 heavy (non-hydrogen) atoms. The van der Waals surface area contributed by atoms with E-state index in [1.165, 1.54) is 10.9 Å². The van der Waals surface area contributed by atoms with Crippen LogP contribution in [0.1, 0.15) is 12.5 Å². The third-order valence-corrected chi connectivity index (χ3v) is 2.32. The van der Waals surface area contributed by atoms with Crippen molar-refractivity contribution in [2.45, 2.75) is 13.3 Å². The van der Waals surface area contributed by atoms with Crippen molar-refractivity contribution in [1.29, 1.82) is 0 Å². The molecule has 0 saturated carbocycles. The van der Waals surface area contributed by atoms with Crippen LogP contribution in [0.15, 0.2) is 36.4 Å². The fourth-order valence-electron chi connectivity index (χ4n) is 1.64.